The second-order valence-electron chi connectivity index (χ2n) is 8.52. The summed E-state index contributed by atoms with van der Waals surface area (Å²) in [5.41, 5.74) is 4.44. The summed E-state index contributed by atoms with van der Waals surface area (Å²) in [5.74, 6) is 0.793. The Kier molecular flexibility index (Phi) is 5.30. The van der Waals surface area contributed by atoms with Gasteiger partial charge in [-0.05, 0) is 54.4 Å². The van der Waals surface area contributed by atoms with E-state index >= 15 is 0 Å². The highest BCUT2D eigenvalue weighted by Crippen LogP contribution is 2.41. The van der Waals surface area contributed by atoms with Crippen molar-refractivity contribution in [2.75, 3.05) is 5.32 Å². The fraction of sp³-hybridized carbons (Fsp3) is 0.148. The lowest BCUT2D eigenvalue weighted by Gasteiger charge is -2.24. The summed E-state index contributed by atoms with van der Waals surface area (Å²) in [6.07, 6.45) is 0.312. The Labute approximate surface area is 205 Å². The zero-order valence-corrected chi connectivity index (χ0v) is 19.7. The predicted molar refractivity (Wildman–Crippen MR) is 134 cm³/mol. The Hall–Kier alpha value is -4.04. The Balaban J connectivity index is 1.34. The largest absolute Gasteiger partial charge is 0.489 e. The van der Waals surface area contributed by atoms with E-state index in [9.17, 15) is 9.18 Å². The van der Waals surface area contributed by atoms with Crippen LogP contribution >= 0.6 is 11.3 Å². The number of carbonyl (C=O) groups excluding carboxylic acids is 1. The van der Waals surface area contributed by atoms with Crippen molar-refractivity contribution in [3.05, 3.63) is 101 Å². The molecule has 0 radical (unpaired) electrons. The highest BCUT2D eigenvalue weighted by molar-refractivity contribution is 7.20. The number of nitrogens with zero attached hydrogens (tertiary/aromatic N) is 3. The summed E-state index contributed by atoms with van der Waals surface area (Å²) < 4.78 is 22.2. The molecule has 0 bridgehead atoms. The van der Waals surface area contributed by atoms with Gasteiger partial charge in [-0.15, -0.1) is 0 Å². The van der Waals surface area contributed by atoms with Crippen molar-refractivity contribution >= 4 is 33.3 Å². The van der Waals surface area contributed by atoms with Gasteiger partial charge in [-0.1, -0.05) is 47.7 Å². The molecule has 2 aromatic heterocycles. The normalized spacial score (nSPS) is 15.1. The number of fused-ring (bicyclic) bond motifs is 2. The Morgan fingerprint density at radius 3 is 2.83 bits per heavy atom. The number of para-hydroxylation sites is 1. The minimum absolute atomic E-state index is 0.0733. The van der Waals surface area contributed by atoms with Gasteiger partial charge in [-0.3, -0.25) is 4.79 Å². The number of carbonyl (C=O) groups is 1. The lowest BCUT2D eigenvalue weighted by molar-refractivity contribution is -0.116. The average molecular weight is 485 g/mol. The zero-order chi connectivity index (χ0) is 23.9. The summed E-state index contributed by atoms with van der Waals surface area (Å²) in [4.78, 5) is 17.5. The van der Waals surface area contributed by atoms with Crippen LogP contribution in [0.1, 0.15) is 34.7 Å². The number of halogens is 1. The summed E-state index contributed by atoms with van der Waals surface area (Å²) in [6, 6.07) is 22.0. The van der Waals surface area contributed by atoms with Crippen LogP contribution in [0.25, 0.3) is 15.3 Å². The van der Waals surface area contributed by atoms with Gasteiger partial charge in [0.15, 0.2) is 0 Å². The van der Waals surface area contributed by atoms with E-state index in [1.807, 2.05) is 61.5 Å². The van der Waals surface area contributed by atoms with Gasteiger partial charge in [0.2, 0.25) is 11.0 Å². The molecule has 0 unspecified atom stereocenters. The topological polar surface area (TPSA) is 69.0 Å². The number of rotatable bonds is 5. The molecule has 1 aliphatic rings. The summed E-state index contributed by atoms with van der Waals surface area (Å²) in [5, 5.41) is 8.49. The number of benzene rings is 3. The monoisotopic (exact) mass is 484 g/mol. The number of hydrogen-bond donors (Lipinski definition) is 1. The molecule has 174 valence electrons. The lowest BCUT2D eigenvalue weighted by Crippen LogP contribution is -2.25. The molecule has 1 aliphatic heterocycles. The molecular formula is C27H21FN4O2S. The molecule has 35 heavy (non-hydrogen) atoms. The maximum atomic E-state index is 13.5. The van der Waals surface area contributed by atoms with Crippen LogP contribution < -0.4 is 10.1 Å². The van der Waals surface area contributed by atoms with E-state index in [4.69, 9.17) is 14.8 Å². The molecule has 0 aliphatic carbocycles. The highest BCUT2D eigenvalue weighted by Gasteiger charge is 2.33. The highest BCUT2D eigenvalue weighted by atomic mass is 32.1. The number of aromatic nitrogens is 3. The minimum Gasteiger partial charge on any atom is -0.489 e. The molecule has 0 saturated carbocycles. The molecule has 6 rings (SSSR count). The Bertz CT molecular complexity index is 1540. The molecule has 0 spiro atoms. The first-order chi connectivity index (χ1) is 17.0. The van der Waals surface area contributed by atoms with Crippen LogP contribution in [-0.2, 0) is 11.4 Å². The first kappa shape index (κ1) is 21.5. The number of anilines is 1. The van der Waals surface area contributed by atoms with Crippen molar-refractivity contribution in [1.29, 1.82) is 0 Å². The molecule has 6 nitrogen and oxygen atoms in total. The number of thiazole rings is 1. The van der Waals surface area contributed by atoms with Crippen LogP contribution in [0.15, 0.2) is 72.8 Å². The number of nitrogens with one attached hydrogen (secondary N) is 1. The maximum Gasteiger partial charge on any atom is 0.226 e. The first-order valence-corrected chi connectivity index (χ1v) is 12.1. The third kappa shape index (κ3) is 4.06. The molecule has 1 amide bonds. The van der Waals surface area contributed by atoms with Gasteiger partial charge in [0.25, 0.3) is 0 Å². The van der Waals surface area contributed by atoms with Gasteiger partial charge in [0.1, 0.15) is 24.0 Å². The van der Waals surface area contributed by atoms with Crippen molar-refractivity contribution in [1.82, 2.24) is 14.8 Å². The van der Waals surface area contributed by atoms with E-state index in [0.717, 1.165) is 32.6 Å². The van der Waals surface area contributed by atoms with Crippen molar-refractivity contribution in [3.63, 3.8) is 0 Å². The minimum atomic E-state index is -0.291. The molecular weight excluding hydrogens is 463 g/mol. The standard InChI is InChI=1S/C27H21FN4O2S/c1-16-25-21(18-7-5-9-20(13-18)34-15-17-6-4-8-19(28)12-17)14-24(33)30-26(25)32(31-16)27-29-22-10-2-3-11-23(22)35-27/h2-13,21H,14-15H2,1H3,(H,30,33)/t21-/m0/s1. The van der Waals surface area contributed by atoms with Crippen molar-refractivity contribution in [2.24, 2.45) is 0 Å². The van der Waals surface area contributed by atoms with Gasteiger partial charge in [-0.2, -0.15) is 9.78 Å². The van der Waals surface area contributed by atoms with Crippen LogP contribution in [-0.4, -0.2) is 20.7 Å². The number of aryl methyl sites for hydroxylation is 1. The van der Waals surface area contributed by atoms with Crippen LogP contribution in [0.4, 0.5) is 10.2 Å². The summed E-state index contributed by atoms with van der Waals surface area (Å²) in [7, 11) is 0. The maximum absolute atomic E-state index is 13.5. The van der Waals surface area contributed by atoms with E-state index in [0.29, 0.717) is 23.1 Å². The van der Waals surface area contributed by atoms with Gasteiger partial charge in [0.05, 0.1) is 15.9 Å². The SMILES string of the molecule is Cc1nn(-c2nc3ccccc3s2)c2c1[C@H](c1cccc(OCc3cccc(F)c3)c1)CC(=O)N2. The molecule has 0 fully saturated rings. The second-order valence-corrected chi connectivity index (χ2v) is 9.53. The first-order valence-electron chi connectivity index (χ1n) is 11.3. The molecule has 3 heterocycles. The van der Waals surface area contributed by atoms with E-state index in [1.165, 1.54) is 23.5 Å². The quantitative estimate of drug-likeness (QED) is 0.333. The third-order valence-electron chi connectivity index (χ3n) is 6.12. The van der Waals surface area contributed by atoms with Crippen molar-refractivity contribution in [3.8, 4) is 10.9 Å². The van der Waals surface area contributed by atoms with Crippen molar-refractivity contribution < 1.29 is 13.9 Å². The van der Waals surface area contributed by atoms with Gasteiger partial charge < -0.3 is 10.1 Å². The van der Waals surface area contributed by atoms with E-state index in [-0.39, 0.29) is 24.2 Å². The predicted octanol–water partition coefficient (Wildman–Crippen LogP) is 5.98. The number of amides is 1. The van der Waals surface area contributed by atoms with Crippen LogP contribution in [0.3, 0.4) is 0 Å². The van der Waals surface area contributed by atoms with Gasteiger partial charge >= 0.3 is 0 Å². The van der Waals surface area contributed by atoms with Crippen LogP contribution in [0, 0.1) is 12.7 Å². The average Bonchev–Trinajstić information content (AvgIpc) is 3.43. The molecule has 1 N–H and O–H groups in total. The third-order valence-corrected chi connectivity index (χ3v) is 7.13. The number of ether oxygens (including phenoxy) is 1. The van der Waals surface area contributed by atoms with Crippen molar-refractivity contribution in [2.45, 2.75) is 25.9 Å². The molecule has 3 aromatic carbocycles. The van der Waals surface area contributed by atoms with Gasteiger partial charge in [0, 0.05) is 17.9 Å². The fourth-order valence-corrected chi connectivity index (χ4v) is 5.46. The second kappa shape index (κ2) is 8.63. The molecule has 0 saturated heterocycles. The Morgan fingerprint density at radius 1 is 1.11 bits per heavy atom. The molecule has 1 atom stereocenters. The smallest absolute Gasteiger partial charge is 0.226 e. The van der Waals surface area contributed by atoms with Crippen LogP contribution in [0.5, 0.6) is 5.75 Å². The van der Waals surface area contributed by atoms with Crippen LogP contribution in [0.2, 0.25) is 0 Å². The fourth-order valence-electron chi connectivity index (χ4n) is 4.54. The lowest BCUT2D eigenvalue weighted by atomic mass is 9.86. The summed E-state index contributed by atoms with van der Waals surface area (Å²) >= 11 is 1.53. The van der Waals surface area contributed by atoms with E-state index in [1.54, 1.807) is 10.7 Å². The zero-order valence-electron chi connectivity index (χ0n) is 18.9. The van der Waals surface area contributed by atoms with Gasteiger partial charge in [-0.25, -0.2) is 9.37 Å². The molecule has 5 aromatic rings. The van der Waals surface area contributed by atoms with E-state index < -0.39 is 0 Å². The van der Waals surface area contributed by atoms with E-state index in [2.05, 4.69) is 5.32 Å². The Morgan fingerprint density at radius 2 is 1.97 bits per heavy atom. The summed E-state index contributed by atoms with van der Waals surface area (Å²) in [6.45, 7) is 2.21. The number of hydrogen-bond acceptors (Lipinski definition) is 5. The molecule has 8 heteroatoms.